The van der Waals surface area contributed by atoms with Gasteiger partial charge in [-0.15, -0.1) is 10.2 Å². The molecule has 0 aliphatic rings. The van der Waals surface area contributed by atoms with Crippen LogP contribution in [0.15, 0.2) is 33.5 Å². The maximum atomic E-state index is 12.1. The number of rotatable bonds is 3. The van der Waals surface area contributed by atoms with E-state index in [-0.39, 0.29) is 29.0 Å². The van der Waals surface area contributed by atoms with Gasteiger partial charge in [0.05, 0.1) is 17.6 Å². The largest absolute Gasteiger partial charge is 0.462 e. The van der Waals surface area contributed by atoms with Crippen LogP contribution in [0.25, 0.3) is 22.6 Å². The monoisotopic (exact) mass is 286 g/mol. The Bertz CT molecular complexity index is 854. The minimum atomic E-state index is -0.485. The third kappa shape index (κ3) is 2.38. The number of hydrogen-bond acceptors (Lipinski definition) is 7. The predicted molar refractivity (Wildman–Crippen MR) is 71.6 cm³/mol. The van der Waals surface area contributed by atoms with Crippen molar-refractivity contribution in [3.63, 3.8) is 0 Å². The van der Waals surface area contributed by atoms with Crippen molar-refractivity contribution < 1.29 is 13.9 Å². The second-order valence-electron chi connectivity index (χ2n) is 4.14. The van der Waals surface area contributed by atoms with Crippen molar-refractivity contribution in [1.29, 1.82) is 0 Å². The van der Waals surface area contributed by atoms with Crippen molar-refractivity contribution in [3.05, 3.63) is 40.1 Å². The van der Waals surface area contributed by atoms with Crippen LogP contribution in [0.4, 0.5) is 0 Å². The van der Waals surface area contributed by atoms with E-state index in [1.165, 1.54) is 24.3 Å². The number of hydrogen-bond donors (Lipinski definition) is 1. The number of esters is 1. The number of tetrazole rings is 1. The zero-order valence-corrected chi connectivity index (χ0v) is 11.0. The molecule has 0 aliphatic heterocycles. The van der Waals surface area contributed by atoms with Crippen molar-refractivity contribution in [1.82, 2.24) is 20.6 Å². The summed E-state index contributed by atoms with van der Waals surface area (Å²) in [5.41, 5.74) is 0.321. The lowest BCUT2D eigenvalue weighted by molar-refractivity contribution is 0.0526. The molecule has 0 unspecified atom stereocenters. The molecule has 0 aliphatic carbocycles. The summed E-state index contributed by atoms with van der Waals surface area (Å²) in [5, 5.41) is 13.5. The lowest BCUT2D eigenvalue weighted by atomic mass is 10.1. The summed E-state index contributed by atoms with van der Waals surface area (Å²) in [6.07, 6.45) is 0. The van der Waals surface area contributed by atoms with Gasteiger partial charge in [0.1, 0.15) is 5.58 Å². The molecule has 8 heteroatoms. The van der Waals surface area contributed by atoms with E-state index in [0.29, 0.717) is 11.1 Å². The Balaban J connectivity index is 2.12. The fourth-order valence-corrected chi connectivity index (χ4v) is 1.87. The molecule has 0 bridgehead atoms. The molecular formula is C13H10N4O4. The number of benzene rings is 1. The number of aromatic nitrogens is 4. The van der Waals surface area contributed by atoms with Crippen LogP contribution < -0.4 is 5.43 Å². The van der Waals surface area contributed by atoms with Gasteiger partial charge in [0.2, 0.25) is 5.82 Å². The fraction of sp³-hybridized carbons (Fsp3) is 0.154. The van der Waals surface area contributed by atoms with Gasteiger partial charge in [0.25, 0.3) is 0 Å². The summed E-state index contributed by atoms with van der Waals surface area (Å²) in [6.45, 7) is 1.98. The minimum absolute atomic E-state index is 0.184. The number of fused-ring (bicyclic) bond motifs is 1. The topological polar surface area (TPSA) is 111 Å². The molecule has 1 N–H and O–H groups in total. The van der Waals surface area contributed by atoms with Crippen LogP contribution in [0.1, 0.15) is 17.3 Å². The Labute approximate surface area is 117 Å². The molecule has 0 atom stereocenters. The van der Waals surface area contributed by atoms with Gasteiger partial charge in [-0.3, -0.25) is 4.79 Å². The van der Waals surface area contributed by atoms with Gasteiger partial charge in [-0.2, -0.15) is 5.21 Å². The molecule has 2 aromatic heterocycles. The highest BCUT2D eigenvalue weighted by Crippen LogP contribution is 2.19. The lowest BCUT2D eigenvalue weighted by Gasteiger charge is -2.03. The van der Waals surface area contributed by atoms with Crippen molar-refractivity contribution in [2.24, 2.45) is 0 Å². The zero-order valence-electron chi connectivity index (χ0n) is 11.0. The molecule has 106 valence electrons. The van der Waals surface area contributed by atoms with E-state index in [9.17, 15) is 9.59 Å². The van der Waals surface area contributed by atoms with Gasteiger partial charge in [-0.1, -0.05) is 0 Å². The standard InChI is InChI=1S/C13H10N4O4/c1-2-20-13(19)7-3-4-10-8(5-7)9(18)6-11(21-10)12-14-16-17-15-12/h3-6H,2H2,1H3,(H,14,15,16,17). The van der Waals surface area contributed by atoms with Crippen LogP contribution in [0.2, 0.25) is 0 Å². The summed E-state index contributed by atoms with van der Waals surface area (Å²) < 4.78 is 10.4. The van der Waals surface area contributed by atoms with E-state index in [4.69, 9.17) is 9.15 Å². The molecule has 0 fully saturated rings. The van der Waals surface area contributed by atoms with Crippen molar-refractivity contribution in [2.75, 3.05) is 6.61 Å². The van der Waals surface area contributed by atoms with E-state index in [2.05, 4.69) is 20.6 Å². The SMILES string of the molecule is CCOC(=O)c1ccc2oc(-c3nn[nH]n3)cc(=O)c2c1. The van der Waals surface area contributed by atoms with Gasteiger partial charge in [0.15, 0.2) is 11.2 Å². The van der Waals surface area contributed by atoms with E-state index < -0.39 is 5.97 Å². The first-order valence-corrected chi connectivity index (χ1v) is 6.18. The predicted octanol–water partition coefficient (Wildman–Crippen LogP) is 1.15. The molecule has 0 amide bonds. The normalized spacial score (nSPS) is 10.7. The Morgan fingerprint density at radius 3 is 2.95 bits per heavy atom. The van der Waals surface area contributed by atoms with E-state index >= 15 is 0 Å². The molecule has 3 aromatic rings. The van der Waals surface area contributed by atoms with Crippen LogP contribution in [-0.2, 0) is 4.74 Å². The first kappa shape index (κ1) is 13.0. The number of carbonyl (C=O) groups is 1. The number of ether oxygens (including phenoxy) is 1. The van der Waals surface area contributed by atoms with Gasteiger partial charge in [-0.05, 0) is 30.3 Å². The average molecular weight is 286 g/mol. The molecule has 0 saturated heterocycles. The molecule has 0 spiro atoms. The Hall–Kier alpha value is -3.03. The molecule has 1 aromatic carbocycles. The number of H-pyrrole nitrogens is 1. The minimum Gasteiger partial charge on any atom is -0.462 e. The first-order valence-electron chi connectivity index (χ1n) is 6.18. The summed E-state index contributed by atoms with van der Waals surface area (Å²) >= 11 is 0. The molecular weight excluding hydrogens is 276 g/mol. The second kappa shape index (κ2) is 5.16. The summed E-state index contributed by atoms with van der Waals surface area (Å²) in [7, 11) is 0. The van der Waals surface area contributed by atoms with E-state index in [0.717, 1.165) is 0 Å². The highest BCUT2D eigenvalue weighted by Gasteiger charge is 2.13. The van der Waals surface area contributed by atoms with Gasteiger partial charge < -0.3 is 9.15 Å². The molecule has 8 nitrogen and oxygen atoms in total. The van der Waals surface area contributed by atoms with Gasteiger partial charge in [-0.25, -0.2) is 4.79 Å². The van der Waals surface area contributed by atoms with Crippen LogP contribution >= 0.6 is 0 Å². The van der Waals surface area contributed by atoms with Crippen LogP contribution in [-0.4, -0.2) is 33.2 Å². The second-order valence-corrected chi connectivity index (χ2v) is 4.14. The summed E-state index contributed by atoms with van der Waals surface area (Å²) in [4.78, 5) is 23.8. The summed E-state index contributed by atoms with van der Waals surface area (Å²) in [6, 6.07) is 5.76. The third-order valence-corrected chi connectivity index (χ3v) is 2.80. The van der Waals surface area contributed by atoms with Gasteiger partial charge >= 0.3 is 5.97 Å². The quantitative estimate of drug-likeness (QED) is 0.719. The van der Waals surface area contributed by atoms with Crippen LogP contribution in [0, 0.1) is 0 Å². The van der Waals surface area contributed by atoms with Gasteiger partial charge in [0, 0.05) is 6.07 Å². The Morgan fingerprint density at radius 2 is 2.24 bits per heavy atom. The van der Waals surface area contributed by atoms with Crippen molar-refractivity contribution in [2.45, 2.75) is 6.92 Å². The highest BCUT2D eigenvalue weighted by molar-refractivity contribution is 5.94. The number of carbonyl (C=O) groups excluding carboxylic acids is 1. The van der Waals surface area contributed by atoms with Crippen LogP contribution in [0.5, 0.6) is 0 Å². The summed E-state index contributed by atoms with van der Waals surface area (Å²) in [5.74, 6) is -0.102. The molecule has 0 saturated carbocycles. The molecule has 3 rings (SSSR count). The maximum Gasteiger partial charge on any atom is 0.338 e. The average Bonchev–Trinajstić information content (AvgIpc) is 3.01. The van der Waals surface area contributed by atoms with Crippen molar-refractivity contribution in [3.8, 4) is 11.6 Å². The maximum absolute atomic E-state index is 12.1. The zero-order chi connectivity index (χ0) is 14.8. The smallest absolute Gasteiger partial charge is 0.338 e. The highest BCUT2D eigenvalue weighted by atomic mass is 16.5. The van der Waals surface area contributed by atoms with Crippen molar-refractivity contribution >= 4 is 16.9 Å². The van der Waals surface area contributed by atoms with E-state index in [1.807, 2.05) is 0 Å². The Morgan fingerprint density at radius 1 is 1.38 bits per heavy atom. The van der Waals surface area contributed by atoms with Crippen LogP contribution in [0.3, 0.4) is 0 Å². The fourth-order valence-electron chi connectivity index (χ4n) is 1.87. The number of nitrogens with zero attached hydrogens (tertiary/aromatic N) is 3. The first-order chi connectivity index (χ1) is 10.2. The molecule has 0 radical (unpaired) electrons. The number of nitrogens with one attached hydrogen (secondary N) is 1. The molecule has 21 heavy (non-hydrogen) atoms. The lowest BCUT2D eigenvalue weighted by Crippen LogP contribution is -2.07. The number of aromatic amines is 1. The Kier molecular flexibility index (Phi) is 3.19. The van der Waals surface area contributed by atoms with E-state index in [1.54, 1.807) is 6.92 Å². The molecule has 2 heterocycles. The third-order valence-electron chi connectivity index (χ3n) is 2.80.